The number of hydrogen-bond donors (Lipinski definition) is 1. The highest BCUT2D eigenvalue weighted by Gasteiger charge is 2.20. The van der Waals surface area contributed by atoms with Crippen molar-refractivity contribution in [2.45, 2.75) is 6.92 Å². The van der Waals surface area contributed by atoms with Gasteiger partial charge in [-0.05, 0) is 52.8 Å². The molecule has 5 heteroatoms. The Morgan fingerprint density at radius 1 is 1.19 bits per heavy atom. The van der Waals surface area contributed by atoms with Crippen molar-refractivity contribution in [1.82, 2.24) is 5.16 Å². The number of anilines is 1. The minimum Gasteiger partial charge on any atom is -0.380 e. The largest absolute Gasteiger partial charge is 0.380 e. The van der Waals surface area contributed by atoms with Crippen LogP contribution in [0.3, 0.4) is 0 Å². The third kappa shape index (κ3) is 2.53. The molecule has 2 aromatic carbocycles. The zero-order valence-corrected chi connectivity index (χ0v) is 13.4. The molecule has 0 atom stereocenters. The van der Waals surface area contributed by atoms with Crippen LogP contribution in [0.2, 0.25) is 0 Å². The third-order valence-electron chi connectivity index (χ3n) is 3.27. The van der Waals surface area contributed by atoms with Gasteiger partial charge in [-0.1, -0.05) is 35.5 Å². The predicted molar refractivity (Wildman–Crippen MR) is 89.2 cm³/mol. The lowest BCUT2D eigenvalue weighted by atomic mass is 10.0. The number of nitrogen functional groups attached to an aromatic ring is 1. The van der Waals surface area contributed by atoms with Crippen LogP contribution in [0, 0.1) is 16.3 Å². The van der Waals surface area contributed by atoms with Gasteiger partial charge in [0, 0.05) is 9.13 Å². The molecule has 3 aromatic rings. The second-order valence-corrected chi connectivity index (χ2v) is 5.80. The summed E-state index contributed by atoms with van der Waals surface area (Å²) in [5.74, 6) is 0.497. The van der Waals surface area contributed by atoms with Crippen LogP contribution in [0.25, 0.3) is 22.5 Å². The Labute approximate surface area is 135 Å². The average molecular weight is 394 g/mol. The normalized spacial score (nSPS) is 10.8. The van der Waals surface area contributed by atoms with Crippen LogP contribution in [0.1, 0.15) is 5.56 Å². The summed E-state index contributed by atoms with van der Waals surface area (Å²) < 4.78 is 19.9. The van der Waals surface area contributed by atoms with Crippen molar-refractivity contribution in [2.75, 3.05) is 5.73 Å². The Bertz CT molecular complexity index is 814. The number of benzene rings is 2. The number of aryl methyl sites for hydroxylation is 1. The Kier molecular flexibility index (Phi) is 3.67. The van der Waals surface area contributed by atoms with E-state index in [0.29, 0.717) is 16.9 Å². The van der Waals surface area contributed by atoms with Gasteiger partial charge in [-0.2, -0.15) is 0 Å². The molecule has 0 aliphatic rings. The lowest BCUT2D eigenvalue weighted by Crippen LogP contribution is -1.91. The second kappa shape index (κ2) is 5.48. The zero-order chi connectivity index (χ0) is 15.0. The predicted octanol–water partition coefficient (Wildman–Crippen LogP) is 4.64. The third-order valence-corrected chi connectivity index (χ3v) is 4.70. The van der Waals surface area contributed by atoms with E-state index in [-0.39, 0.29) is 11.6 Å². The number of hydrogen-bond acceptors (Lipinski definition) is 3. The van der Waals surface area contributed by atoms with Crippen molar-refractivity contribution in [1.29, 1.82) is 0 Å². The van der Waals surface area contributed by atoms with Gasteiger partial charge in [-0.3, -0.25) is 0 Å². The summed E-state index contributed by atoms with van der Waals surface area (Å²) in [6.45, 7) is 2.02. The van der Waals surface area contributed by atoms with Gasteiger partial charge in [0.2, 0.25) is 0 Å². The summed E-state index contributed by atoms with van der Waals surface area (Å²) in [5.41, 5.74) is 9.23. The molecule has 0 aliphatic heterocycles. The molecular formula is C16H12FIN2O. The van der Waals surface area contributed by atoms with E-state index in [2.05, 4.69) is 27.7 Å². The van der Waals surface area contributed by atoms with Gasteiger partial charge in [0.1, 0.15) is 5.82 Å². The molecule has 0 spiro atoms. The SMILES string of the molecule is Cc1cccc(-c2onc(N)c2-c2cccc(F)c2)c1I. The maximum absolute atomic E-state index is 13.5. The molecule has 2 N–H and O–H groups in total. The van der Waals surface area contributed by atoms with Gasteiger partial charge < -0.3 is 10.3 Å². The molecule has 3 nitrogen and oxygen atoms in total. The molecular weight excluding hydrogens is 382 g/mol. The Morgan fingerprint density at radius 2 is 1.95 bits per heavy atom. The van der Waals surface area contributed by atoms with E-state index in [9.17, 15) is 4.39 Å². The maximum Gasteiger partial charge on any atom is 0.177 e. The molecule has 0 amide bonds. The van der Waals surface area contributed by atoms with Crippen LogP contribution < -0.4 is 5.73 Å². The van der Waals surface area contributed by atoms with Crippen molar-refractivity contribution in [3.8, 4) is 22.5 Å². The van der Waals surface area contributed by atoms with E-state index in [1.165, 1.54) is 12.1 Å². The minimum absolute atomic E-state index is 0.257. The van der Waals surface area contributed by atoms with Crippen LogP contribution in [-0.4, -0.2) is 5.16 Å². The highest BCUT2D eigenvalue weighted by Crippen LogP contribution is 2.39. The van der Waals surface area contributed by atoms with Crippen LogP contribution in [0.5, 0.6) is 0 Å². The molecule has 0 aliphatic carbocycles. The Morgan fingerprint density at radius 3 is 2.71 bits per heavy atom. The van der Waals surface area contributed by atoms with Crippen LogP contribution in [0.4, 0.5) is 10.2 Å². The lowest BCUT2D eigenvalue weighted by Gasteiger charge is -2.07. The first-order valence-electron chi connectivity index (χ1n) is 6.34. The first kappa shape index (κ1) is 14.1. The number of aromatic nitrogens is 1. The standard InChI is InChI=1S/C16H12FIN2O/c1-9-4-2-7-12(14(9)18)15-13(16(19)20-21-15)10-5-3-6-11(17)8-10/h2-8H,1H3,(H2,19,20). The van der Waals surface area contributed by atoms with Gasteiger partial charge in [0.25, 0.3) is 0 Å². The fourth-order valence-corrected chi connectivity index (χ4v) is 2.84. The molecule has 0 unspecified atom stereocenters. The summed E-state index contributed by atoms with van der Waals surface area (Å²) >= 11 is 2.26. The summed E-state index contributed by atoms with van der Waals surface area (Å²) in [6.07, 6.45) is 0. The summed E-state index contributed by atoms with van der Waals surface area (Å²) in [5, 5.41) is 3.85. The maximum atomic E-state index is 13.5. The molecule has 0 fully saturated rings. The van der Waals surface area contributed by atoms with Gasteiger partial charge >= 0.3 is 0 Å². The zero-order valence-electron chi connectivity index (χ0n) is 11.2. The first-order chi connectivity index (χ1) is 10.1. The monoisotopic (exact) mass is 394 g/mol. The molecule has 3 rings (SSSR count). The van der Waals surface area contributed by atoms with Crippen molar-refractivity contribution < 1.29 is 8.91 Å². The highest BCUT2D eigenvalue weighted by atomic mass is 127. The van der Waals surface area contributed by atoms with Crippen LogP contribution >= 0.6 is 22.6 Å². The summed E-state index contributed by atoms with van der Waals surface area (Å²) in [4.78, 5) is 0. The number of halogens is 2. The second-order valence-electron chi connectivity index (χ2n) is 4.72. The van der Waals surface area contributed by atoms with E-state index < -0.39 is 0 Å². The van der Waals surface area contributed by atoms with Gasteiger partial charge in [0.05, 0.1) is 5.56 Å². The van der Waals surface area contributed by atoms with Crippen molar-refractivity contribution in [3.05, 3.63) is 57.4 Å². The molecule has 21 heavy (non-hydrogen) atoms. The minimum atomic E-state index is -0.321. The number of nitrogens with zero attached hydrogens (tertiary/aromatic N) is 1. The van der Waals surface area contributed by atoms with E-state index in [0.717, 1.165) is 14.7 Å². The Hall–Kier alpha value is -1.89. The van der Waals surface area contributed by atoms with E-state index in [4.69, 9.17) is 10.3 Å². The Balaban J connectivity index is 2.24. The number of rotatable bonds is 2. The van der Waals surface area contributed by atoms with Gasteiger partial charge in [-0.25, -0.2) is 4.39 Å². The van der Waals surface area contributed by atoms with Crippen molar-refractivity contribution in [2.24, 2.45) is 0 Å². The van der Waals surface area contributed by atoms with Crippen molar-refractivity contribution in [3.63, 3.8) is 0 Å². The number of nitrogens with two attached hydrogens (primary N) is 1. The smallest absolute Gasteiger partial charge is 0.177 e. The molecule has 0 saturated carbocycles. The van der Waals surface area contributed by atoms with Crippen LogP contribution in [0.15, 0.2) is 47.0 Å². The van der Waals surface area contributed by atoms with E-state index >= 15 is 0 Å². The summed E-state index contributed by atoms with van der Waals surface area (Å²) in [7, 11) is 0. The topological polar surface area (TPSA) is 52.0 Å². The summed E-state index contributed by atoms with van der Waals surface area (Å²) in [6, 6.07) is 12.2. The fraction of sp³-hybridized carbons (Fsp3) is 0.0625. The van der Waals surface area contributed by atoms with Crippen molar-refractivity contribution >= 4 is 28.4 Å². The average Bonchev–Trinajstić information content (AvgIpc) is 2.83. The van der Waals surface area contributed by atoms with Gasteiger partial charge in [0.15, 0.2) is 11.6 Å². The molecule has 0 radical (unpaired) electrons. The van der Waals surface area contributed by atoms with Gasteiger partial charge in [-0.15, -0.1) is 0 Å². The molecule has 1 heterocycles. The quantitative estimate of drug-likeness (QED) is 0.645. The highest BCUT2D eigenvalue weighted by molar-refractivity contribution is 14.1. The van der Waals surface area contributed by atoms with E-state index in [1.54, 1.807) is 12.1 Å². The molecule has 0 saturated heterocycles. The first-order valence-corrected chi connectivity index (χ1v) is 7.42. The molecule has 1 aromatic heterocycles. The molecule has 106 valence electrons. The molecule has 0 bridgehead atoms. The lowest BCUT2D eigenvalue weighted by molar-refractivity contribution is 0.436. The van der Waals surface area contributed by atoms with Crippen LogP contribution in [-0.2, 0) is 0 Å². The van der Waals surface area contributed by atoms with E-state index in [1.807, 2.05) is 25.1 Å². The fourth-order valence-electron chi connectivity index (χ4n) is 2.23.